The zero-order chi connectivity index (χ0) is 26.9. The van der Waals surface area contributed by atoms with Gasteiger partial charge in [0.25, 0.3) is 0 Å². The van der Waals surface area contributed by atoms with Crippen molar-refractivity contribution in [2.75, 3.05) is 13.7 Å². The largest absolute Gasteiger partial charge is 0.375 e. The fourth-order valence-electron chi connectivity index (χ4n) is 5.04. The van der Waals surface area contributed by atoms with Crippen molar-refractivity contribution in [3.05, 3.63) is 53.5 Å². The molecule has 0 spiro atoms. The molecule has 3 aromatic rings. The van der Waals surface area contributed by atoms with Crippen LogP contribution >= 0.6 is 0 Å². The molecular weight excluding hydrogens is 480 g/mol. The maximum atomic E-state index is 12.2. The maximum absolute atomic E-state index is 12.2. The predicted octanol–water partition coefficient (Wildman–Crippen LogP) is 4.95. The van der Waals surface area contributed by atoms with Crippen LogP contribution in [0.15, 0.2) is 36.7 Å². The van der Waals surface area contributed by atoms with E-state index in [0.717, 1.165) is 18.4 Å². The van der Waals surface area contributed by atoms with Crippen LogP contribution in [0.5, 0.6) is 0 Å². The number of carbonyl (C=O) groups is 1. The average molecular weight is 523 g/mol. The highest BCUT2D eigenvalue weighted by atomic mass is 16.5. The van der Waals surface area contributed by atoms with Crippen LogP contribution in [0.1, 0.15) is 95.2 Å². The second-order valence-electron chi connectivity index (χ2n) is 10.4. The van der Waals surface area contributed by atoms with Gasteiger partial charge in [-0.2, -0.15) is 0 Å². The highest BCUT2D eigenvalue weighted by Gasteiger charge is 2.36. The van der Waals surface area contributed by atoms with Gasteiger partial charge in [0.05, 0.1) is 12.2 Å². The second-order valence-corrected chi connectivity index (χ2v) is 10.4. The molecular formula is C29H42N6O3. The number of methoxy groups -OCH3 is 1. The van der Waals surface area contributed by atoms with Crippen molar-refractivity contribution in [2.45, 2.75) is 96.0 Å². The molecule has 9 heteroatoms. The van der Waals surface area contributed by atoms with Gasteiger partial charge in [-0.3, -0.25) is 14.8 Å². The number of hydrogen-bond donors (Lipinski definition) is 3. The summed E-state index contributed by atoms with van der Waals surface area (Å²) in [5, 5.41) is 11.2. The number of nitrogens with one attached hydrogen (secondary N) is 3. The highest BCUT2D eigenvalue weighted by molar-refractivity contribution is 5.76. The molecule has 1 aliphatic carbocycles. The molecule has 4 heterocycles. The SMILES string of the molecule is C1CC2CC1O2.CCCCCCCC(=O)NCC(C)c1nc2c([nH]1)c(=N)ncn2C(OC)c1ccccc1. The number of carbonyl (C=O) groups excluding carboxylic acids is 1. The van der Waals surface area contributed by atoms with Crippen LogP contribution in [0.4, 0.5) is 0 Å². The first-order valence-electron chi connectivity index (χ1n) is 14.0. The van der Waals surface area contributed by atoms with E-state index >= 15 is 0 Å². The third-order valence-corrected chi connectivity index (χ3v) is 7.36. The molecule has 206 valence electrons. The van der Waals surface area contributed by atoms with Crippen LogP contribution < -0.4 is 10.8 Å². The molecule has 38 heavy (non-hydrogen) atoms. The minimum Gasteiger partial charge on any atom is -0.375 e. The summed E-state index contributed by atoms with van der Waals surface area (Å²) in [5.41, 5.74) is 2.24. The summed E-state index contributed by atoms with van der Waals surface area (Å²) in [6.45, 7) is 4.68. The highest BCUT2D eigenvalue weighted by Crippen LogP contribution is 2.36. The topological polar surface area (TPSA) is 118 Å². The van der Waals surface area contributed by atoms with Crippen molar-refractivity contribution in [3.63, 3.8) is 0 Å². The summed E-state index contributed by atoms with van der Waals surface area (Å²) < 4.78 is 12.8. The number of H-pyrrole nitrogens is 1. The summed E-state index contributed by atoms with van der Waals surface area (Å²) in [7, 11) is 1.64. The second kappa shape index (κ2) is 13.7. The third-order valence-electron chi connectivity index (χ3n) is 7.36. The van der Waals surface area contributed by atoms with Crippen LogP contribution in [0, 0.1) is 5.41 Å². The number of fused-ring (bicyclic) bond motifs is 2. The van der Waals surface area contributed by atoms with Gasteiger partial charge in [0.1, 0.15) is 17.7 Å². The molecule has 1 aromatic carbocycles. The van der Waals surface area contributed by atoms with E-state index in [-0.39, 0.29) is 17.3 Å². The Morgan fingerprint density at radius 2 is 1.92 bits per heavy atom. The van der Waals surface area contributed by atoms with E-state index in [2.05, 4.69) is 22.2 Å². The molecule has 4 unspecified atom stereocenters. The van der Waals surface area contributed by atoms with Crippen molar-refractivity contribution in [2.24, 2.45) is 0 Å². The lowest BCUT2D eigenvalue weighted by molar-refractivity contribution is -0.121. The van der Waals surface area contributed by atoms with Gasteiger partial charge in [-0.15, -0.1) is 0 Å². The van der Waals surface area contributed by atoms with E-state index in [1.54, 1.807) is 13.4 Å². The minimum absolute atomic E-state index is 0.0305. The molecule has 2 aromatic heterocycles. The standard InChI is InChI=1S/C24H34N6O2.C5H8O/c1-4-5-6-7-11-14-19(31)26-15-17(2)22-28-20-21(25)27-16-30(23(20)29-22)24(32-3)18-12-9-8-10-13-18;1-2-5-3-4(1)6-5/h8-10,12-13,16-17,24-25H,4-7,11,14-15H2,1-3H3,(H,26,31)(H,28,29);4-5H,1-3H2. The van der Waals surface area contributed by atoms with Crippen molar-refractivity contribution in [1.82, 2.24) is 24.8 Å². The van der Waals surface area contributed by atoms with E-state index in [1.807, 2.05) is 41.8 Å². The lowest BCUT2D eigenvalue weighted by Crippen LogP contribution is -2.27. The van der Waals surface area contributed by atoms with Crippen molar-refractivity contribution >= 4 is 17.1 Å². The number of aromatic amines is 1. The summed E-state index contributed by atoms with van der Waals surface area (Å²) in [6.07, 6.45) is 12.8. The van der Waals surface area contributed by atoms with Crippen molar-refractivity contribution in [3.8, 4) is 0 Å². The van der Waals surface area contributed by atoms with E-state index in [4.69, 9.17) is 19.9 Å². The fourth-order valence-corrected chi connectivity index (χ4v) is 5.04. The molecule has 9 nitrogen and oxygen atoms in total. The number of amides is 1. The Hall–Kier alpha value is -3.04. The fraction of sp³-hybridized carbons (Fsp3) is 0.586. The zero-order valence-electron chi connectivity index (χ0n) is 22.9. The quantitative estimate of drug-likeness (QED) is 0.291. The molecule has 2 bridgehead atoms. The molecule has 1 saturated carbocycles. The molecule has 3 fully saturated rings. The van der Waals surface area contributed by atoms with Crippen molar-refractivity contribution in [1.29, 1.82) is 5.41 Å². The van der Waals surface area contributed by atoms with Gasteiger partial charge >= 0.3 is 0 Å². The number of hydrogen-bond acceptors (Lipinski definition) is 6. The number of benzene rings is 1. The Morgan fingerprint density at radius 3 is 2.55 bits per heavy atom. The number of nitrogens with zero attached hydrogens (tertiary/aromatic N) is 3. The van der Waals surface area contributed by atoms with Gasteiger partial charge in [0.2, 0.25) is 5.91 Å². The molecule has 3 N–H and O–H groups in total. The number of aromatic nitrogens is 4. The van der Waals surface area contributed by atoms with Crippen LogP contribution in [0.2, 0.25) is 0 Å². The summed E-state index contributed by atoms with van der Waals surface area (Å²) in [4.78, 5) is 24.4. The smallest absolute Gasteiger partial charge is 0.220 e. The molecule has 1 amide bonds. The summed E-state index contributed by atoms with van der Waals surface area (Å²) >= 11 is 0. The monoisotopic (exact) mass is 522 g/mol. The van der Waals surface area contributed by atoms with Gasteiger partial charge in [0.15, 0.2) is 17.4 Å². The van der Waals surface area contributed by atoms with E-state index in [9.17, 15) is 4.79 Å². The number of unbranched alkanes of at least 4 members (excludes halogenated alkanes) is 4. The molecule has 4 atom stereocenters. The van der Waals surface area contributed by atoms with E-state index in [1.165, 1.54) is 38.5 Å². The van der Waals surface area contributed by atoms with E-state index in [0.29, 0.717) is 42.2 Å². The molecule has 6 rings (SSSR count). The first kappa shape index (κ1) is 28.0. The normalized spacial score (nSPS) is 19.3. The van der Waals surface area contributed by atoms with Crippen LogP contribution in [0.25, 0.3) is 11.2 Å². The number of rotatable bonds is 12. The molecule has 2 aliphatic heterocycles. The molecule has 3 aliphatic rings. The Labute approximate surface area is 224 Å². The van der Waals surface area contributed by atoms with Gasteiger partial charge in [-0.05, 0) is 25.7 Å². The maximum Gasteiger partial charge on any atom is 0.220 e. The predicted molar refractivity (Wildman–Crippen MR) is 147 cm³/mol. The Kier molecular flexibility index (Phi) is 10.1. The van der Waals surface area contributed by atoms with Crippen LogP contribution in [-0.2, 0) is 14.3 Å². The Morgan fingerprint density at radius 1 is 1.21 bits per heavy atom. The Bertz CT molecular complexity index is 1200. The Balaban J connectivity index is 0.000000483. The van der Waals surface area contributed by atoms with Crippen molar-refractivity contribution < 1.29 is 14.3 Å². The first-order valence-corrected chi connectivity index (χ1v) is 14.0. The lowest BCUT2D eigenvalue weighted by Gasteiger charge is -2.23. The van der Waals surface area contributed by atoms with Gasteiger partial charge in [-0.1, -0.05) is 69.9 Å². The number of ether oxygens (including phenoxy) is 2. The zero-order valence-corrected chi connectivity index (χ0v) is 22.9. The third kappa shape index (κ3) is 7.08. The van der Waals surface area contributed by atoms with Gasteiger partial charge in [-0.25, -0.2) is 9.97 Å². The van der Waals surface area contributed by atoms with Crippen LogP contribution in [-0.4, -0.2) is 51.3 Å². The lowest BCUT2D eigenvalue weighted by atomic mass is 10.1. The minimum atomic E-state index is -0.411. The molecule has 0 radical (unpaired) electrons. The van der Waals surface area contributed by atoms with Crippen LogP contribution in [0.3, 0.4) is 0 Å². The van der Waals surface area contributed by atoms with E-state index < -0.39 is 6.23 Å². The molecule has 2 saturated heterocycles. The van der Waals surface area contributed by atoms with Gasteiger partial charge in [0, 0.05) is 31.6 Å². The number of imidazole rings is 1. The first-order chi connectivity index (χ1) is 18.5. The van der Waals surface area contributed by atoms with Gasteiger partial charge < -0.3 is 19.8 Å². The summed E-state index contributed by atoms with van der Waals surface area (Å²) in [5.74, 6) is 0.754. The average Bonchev–Trinajstić information content (AvgIpc) is 3.68. The summed E-state index contributed by atoms with van der Waals surface area (Å²) in [6, 6.07) is 9.83.